The van der Waals surface area contributed by atoms with Crippen LogP contribution >= 0.6 is 0 Å². The van der Waals surface area contributed by atoms with Crippen LogP contribution in [-0.4, -0.2) is 48.5 Å². The number of likely N-dealkylation sites (N-methyl/N-ethyl adjacent to an activating group) is 1. The van der Waals surface area contributed by atoms with Crippen molar-refractivity contribution < 1.29 is 9.72 Å². The summed E-state index contributed by atoms with van der Waals surface area (Å²) in [5, 5.41) is 11.1. The first kappa shape index (κ1) is 16.2. The Labute approximate surface area is 129 Å². The standard InChI is InChI=1S/C15H22N4O3/c1-11-7-12(8-16)9-18(11)15(20)10-17(2)13-5-3-4-6-14(13)19(21)22/h3-6,11-12H,7-10,16H2,1-2H3. The van der Waals surface area contributed by atoms with Crippen LogP contribution in [0.5, 0.6) is 0 Å². The number of para-hydroxylation sites is 2. The summed E-state index contributed by atoms with van der Waals surface area (Å²) in [5.41, 5.74) is 6.13. The van der Waals surface area contributed by atoms with Gasteiger partial charge in [0.15, 0.2) is 0 Å². The fraction of sp³-hybridized carbons (Fsp3) is 0.533. The second-order valence-electron chi connectivity index (χ2n) is 5.83. The van der Waals surface area contributed by atoms with Crippen molar-refractivity contribution in [2.45, 2.75) is 19.4 Å². The van der Waals surface area contributed by atoms with Crippen LogP contribution in [0.25, 0.3) is 0 Å². The van der Waals surface area contributed by atoms with E-state index in [9.17, 15) is 14.9 Å². The zero-order valence-corrected chi connectivity index (χ0v) is 12.9. The molecule has 0 aliphatic carbocycles. The Morgan fingerprint density at radius 2 is 2.18 bits per heavy atom. The van der Waals surface area contributed by atoms with Crippen molar-refractivity contribution in [3.8, 4) is 0 Å². The molecule has 0 saturated carbocycles. The molecular weight excluding hydrogens is 284 g/mol. The predicted octanol–water partition coefficient (Wildman–Crippen LogP) is 1.23. The van der Waals surface area contributed by atoms with E-state index in [1.54, 1.807) is 30.1 Å². The highest BCUT2D eigenvalue weighted by atomic mass is 16.6. The lowest BCUT2D eigenvalue weighted by Gasteiger charge is -2.25. The van der Waals surface area contributed by atoms with Crippen LogP contribution in [0.4, 0.5) is 11.4 Å². The lowest BCUT2D eigenvalue weighted by molar-refractivity contribution is -0.384. The van der Waals surface area contributed by atoms with Gasteiger partial charge >= 0.3 is 0 Å². The number of benzene rings is 1. The van der Waals surface area contributed by atoms with E-state index in [4.69, 9.17) is 5.73 Å². The predicted molar refractivity (Wildman–Crippen MR) is 84.7 cm³/mol. The summed E-state index contributed by atoms with van der Waals surface area (Å²) in [6, 6.07) is 6.61. The fourth-order valence-corrected chi connectivity index (χ4v) is 2.98. The summed E-state index contributed by atoms with van der Waals surface area (Å²) in [5.74, 6) is 0.319. The van der Waals surface area contributed by atoms with Gasteiger partial charge in [-0.05, 0) is 31.9 Å². The minimum absolute atomic E-state index is 0.00658. The lowest BCUT2D eigenvalue weighted by Crippen LogP contribution is -2.41. The summed E-state index contributed by atoms with van der Waals surface area (Å²) in [6.07, 6.45) is 0.914. The van der Waals surface area contributed by atoms with Crippen LogP contribution in [0.3, 0.4) is 0 Å². The summed E-state index contributed by atoms with van der Waals surface area (Å²) in [6.45, 7) is 3.38. The molecule has 7 heteroatoms. The van der Waals surface area contributed by atoms with Gasteiger partial charge in [-0.15, -0.1) is 0 Å². The molecule has 1 amide bonds. The molecule has 2 unspecified atom stereocenters. The van der Waals surface area contributed by atoms with Crippen LogP contribution in [0.1, 0.15) is 13.3 Å². The molecule has 1 heterocycles. The third kappa shape index (κ3) is 3.36. The molecule has 2 N–H and O–H groups in total. The molecular formula is C15H22N4O3. The van der Waals surface area contributed by atoms with E-state index in [0.717, 1.165) is 6.42 Å². The first-order valence-electron chi connectivity index (χ1n) is 7.38. The van der Waals surface area contributed by atoms with Crippen molar-refractivity contribution in [2.24, 2.45) is 11.7 Å². The second kappa shape index (κ2) is 6.74. The largest absolute Gasteiger partial charge is 0.360 e. The van der Waals surface area contributed by atoms with Crippen molar-refractivity contribution in [1.82, 2.24) is 4.90 Å². The van der Waals surface area contributed by atoms with Crippen molar-refractivity contribution >= 4 is 17.3 Å². The number of nitro groups is 1. The molecule has 2 rings (SSSR count). The maximum Gasteiger partial charge on any atom is 0.292 e. The van der Waals surface area contributed by atoms with Gasteiger partial charge in [0.05, 0.1) is 11.5 Å². The number of anilines is 1. The highest BCUT2D eigenvalue weighted by molar-refractivity contribution is 5.83. The van der Waals surface area contributed by atoms with Gasteiger partial charge in [-0.25, -0.2) is 0 Å². The molecule has 1 aliphatic rings. The molecule has 2 atom stereocenters. The Morgan fingerprint density at radius 1 is 1.50 bits per heavy atom. The summed E-state index contributed by atoms with van der Waals surface area (Å²) >= 11 is 0. The van der Waals surface area contributed by atoms with Crippen molar-refractivity contribution in [3.63, 3.8) is 0 Å². The fourth-order valence-electron chi connectivity index (χ4n) is 2.98. The maximum absolute atomic E-state index is 12.5. The number of likely N-dealkylation sites (tertiary alicyclic amines) is 1. The van der Waals surface area contributed by atoms with Crippen LogP contribution < -0.4 is 10.6 Å². The molecule has 0 spiro atoms. The monoisotopic (exact) mass is 306 g/mol. The molecule has 120 valence electrons. The van der Waals surface area contributed by atoms with E-state index in [-0.39, 0.29) is 24.2 Å². The van der Waals surface area contributed by atoms with Gasteiger partial charge in [-0.1, -0.05) is 12.1 Å². The number of nitrogens with zero attached hydrogens (tertiary/aromatic N) is 3. The number of hydrogen-bond acceptors (Lipinski definition) is 5. The van der Waals surface area contributed by atoms with Crippen LogP contribution in [0.2, 0.25) is 0 Å². The van der Waals surface area contributed by atoms with Gasteiger partial charge in [-0.3, -0.25) is 14.9 Å². The smallest absolute Gasteiger partial charge is 0.292 e. The minimum Gasteiger partial charge on any atom is -0.360 e. The van der Waals surface area contributed by atoms with E-state index < -0.39 is 4.92 Å². The maximum atomic E-state index is 12.5. The molecule has 1 aromatic rings. The number of rotatable bonds is 5. The van der Waals surface area contributed by atoms with E-state index >= 15 is 0 Å². The van der Waals surface area contributed by atoms with E-state index in [2.05, 4.69) is 0 Å². The van der Waals surface area contributed by atoms with Crippen LogP contribution in [0.15, 0.2) is 24.3 Å². The SMILES string of the molecule is CC1CC(CN)CN1C(=O)CN(C)c1ccccc1[N+](=O)[O-]. The van der Waals surface area contributed by atoms with Crippen LogP contribution in [0, 0.1) is 16.0 Å². The second-order valence-corrected chi connectivity index (χ2v) is 5.83. The Morgan fingerprint density at radius 3 is 2.77 bits per heavy atom. The molecule has 1 aliphatic heterocycles. The van der Waals surface area contributed by atoms with Crippen molar-refractivity contribution in [2.75, 3.05) is 31.6 Å². The minimum atomic E-state index is -0.431. The Hall–Kier alpha value is -2.15. The third-order valence-corrected chi connectivity index (χ3v) is 4.18. The van der Waals surface area contributed by atoms with Gasteiger partial charge in [0, 0.05) is 25.7 Å². The van der Waals surface area contributed by atoms with Gasteiger partial charge in [0.25, 0.3) is 5.69 Å². The normalized spacial score (nSPS) is 21.0. The molecule has 1 fully saturated rings. The summed E-state index contributed by atoms with van der Waals surface area (Å²) in [7, 11) is 1.70. The Bertz CT molecular complexity index is 563. The molecule has 7 nitrogen and oxygen atoms in total. The first-order valence-corrected chi connectivity index (χ1v) is 7.38. The Balaban J connectivity index is 2.08. The topological polar surface area (TPSA) is 92.7 Å². The molecule has 1 saturated heterocycles. The number of carbonyl (C=O) groups is 1. The molecule has 22 heavy (non-hydrogen) atoms. The Kier molecular flexibility index (Phi) is 4.97. The zero-order chi connectivity index (χ0) is 16.3. The van der Waals surface area contributed by atoms with Gasteiger partial charge < -0.3 is 15.5 Å². The first-order chi connectivity index (χ1) is 10.4. The van der Waals surface area contributed by atoms with E-state index in [1.807, 2.05) is 11.8 Å². The third-order valence-electron chi connectivity index (χ3n) is 4.18. The highest BCUT2D eigenvalue weighted by Crippen LogP contribution is 2.27. The number of hydrogen-bond donors (Lipinski definition) is 1. The number of amides is 1. The average Bonchev–Trinajstić information content (AvgIpc) is 2.88. The van der Waals surface area contributed by atoms with E-state index in [1.165, 1.54) is 6.07 Å². The van der Waals surface area contributed by atoms with Gasteiger partial charge in [0.1, 0.15) is 5.69 Å². The van der Waals surface area contributed by atoms with Crippen molar-refractivity contribution in [1.29, 1.82) is 0 Å². The molecule has 0 bridgehead atoms. The van der Waals surface area contributed by atoms with Gasteiger partial charge in [-0.2, -0.15) is 0 Å². The summed E-state index contributed by atoms with van der Waals surface area (Å²) in [4.78, 5) is 26.5. The number of nitrogens with two attached hydrogens (primary N) is 1. The van der Waals surface area contributed by atoms with E-state index in [0.29, 0.717) is 24.7 Å². The molecule has 1 aromatic carbocycles. The lowest BCUT2D eigenvalue weighted by atomic mass is 10.1. The zero-order valence-electron chi connectivity index (χ0n) is 12.9. The number of carbonyl (C=O) groups excluding carboxylic acids is 1. The average molecular weight is 306 g/mol. The highest BCUT2D eigenvalue weighted by Gasteiger charge is 2.32. The number of nitro benzene ring substituents is 1. The molecule has 0 aromatic heterocycles. The van der Waals surface area contributed by atoms with Gasteiger partial charge in [0.2, 0.25) is 5.91 Å². The van der Waals surface area contributed by atoms with Crippen molar-refractivity contribution in [3.05, 3.63) is 34.4 Å². The quantitative estimate of drug-likeness (QED) is 0.652. The summed E-state index contributed by atoms with van der Waals surface area (Å²) < 4.78 is 0. The molecule has 0 radical (unpaired) electrons. The van der Waals surface area contributed by atoms with Crippen LogP contribution in [-0.2, 0) is 4.79 Å².